The van der Waals surface area contributed by atoms with Crippen LogP contribution in [0.15, 0.2) is 23.0 Å². The van der Waals surface area contributed by atoms with E-state index < -0.39 is 6.10 Å². The molecule has 1 aromatic carbocycles. The maximum absolute atomic E-state index is 12.3. The molecule has 1 saturated carbocycles. The third kappa shape index (κ3) is 2.58. The molecule has 0 bridgehead atoms. The lowest BCUT2D eigenvalue weighted by atomic mass is 9.92. The average Bonchev–Trinajstić information content (AvgIpc) is 2.76. The Kier molecular flexibility index (Phi) is 3.55. The van der Waals surface area contributed by atoms with Crippen molar-refractivity contribution >= 4 is 16.9 Å². The van der Waals surface area contributed by atoms with Crippen LogP contribution in [-0.4, -0.2) is 32.7 Å². The first-order chi connectivity index (χ1) is 10.1. The molecule has 6 heteroatoms. The Morgan fingerprint density at radius 1 is 1.38 bits per heavy atom. The lowest BCUT2D eigenvalue weighted by Gasteiger charge is -2.28. The van der Waals surface area contributed by atoms with Crippen LogP contribution >= 0.6 is 0 Å². The molecule has 0 saturated heterocycles. The van der Waals surface area contributed by atoms with E-state index in [4.69, 9.17) is 0 Å². The smallest absolute Gasteiger partial charge is 0.326 e. The Morgan fingerprint density at radius 2 is 2.14 bits per heavy atom. The number of H-pyrrole nitrogens is 1. The first-order valence-electron chi connectivity index (χ1n) is 7.24. The number of aliphatic hydroxyl groups is 1. The van der Waals surface area contributed by atoms with E-state index in [0.717, 1.165) is 31.2 Å². The molecule has 0 spiro atoms. The zero-order valence-corrected chi connectivity index (χ0v) is 11.9. The second kappa shape index (κ2) is 5.37. The van der Waals surface area contributed by atoms with E-state index in [-0.39, 0.29) is 17.6 Å². The van der Waals surface area contributed by atoms with E-state index in [0.29, 0.717) is 11.1 Å². The van der Waals surface area contributed by atoms with Gasteiger partial charge >= 0.3 is 5.69 Å². The number of hydrogen-bond acceptors (Lipinski definition) is 3. The Morgan fingerprint density at radius 3 is 2.90 bits per heavy atom. The SMILES string of the molecule is Cn1c(=O)[nH]c2cc(C(=O)NC3CCCCC3O)ccc21. The van der Waals surface area contributed by atoms with Crippen LogP contribution in [0, 0.1) is 0 Å². The van der Waals surface area contributed by atoms with Crippen molar-refractivity contribution < 1.29 is 9.90 Å². The summed E-state index contributed by atoms with van der Waals surface area (Å²) in [6.07, 6.45) is 3.09. The standard InChI is InChI=1S/C15H19N3O3/c1-18-12-7-6-9(8-11(12)17-15(18)21)14(20)16-10-4-2-3-5-13(10)19/h6-8,10,13,19H,2-5H2,1H3,(H,16,20)(H,17,21). The number of carbonyl (C=O) groups excluding carboxylic acids is 1. The number of imidazole rings is 1. The van der Waals surface area contributed by atoms with Crippen molar-refractivity contribution in [2.24, 2.45) is 7.05 Å². The maximum atomic E-state index is 12.3. The van der Waals surface area contributed by atoms with Gasteiger partial charge in [-0.3, -0.25) is 9.36 Å². The number of carbonyl (C=O) groups is 1. The number of aromatic amines is 1. The third-order valence-electron chi connectivity index (χ3n) is 4.21. The quantitative estimate of drug-likeness (QED) is 0.767. The van der Waals surface area contributed by atoms with Crippen LogP contribution in [0.5, 0.6) is 0 Å². The Hall–Kier alpha value is -2.08. The summed E-state index contributed by atoms with van der Waals surface area (Å²) in [6, 6.07) is 4.93. The van der Waals surface area contributed by atoms with Gasteiger partial charge in [-0.2, -0.15) is 0 Å². The highest BCUT2D eigenvalue weighted by molar-refractivity contribution is 5.97. The molecule has 1 aliphatic carbocycles. The number of fused-ring (bicyclic) bond motifs is 1. The van der Waals surface area contributed by atoms with Crippen LogP contribution in [0.4, 0.5) is 0 Å². The van der Waals surface area contributed by atoms with E-state index in [1.165, 1.54) is 4.57 Å². The second-order valence-corrected chi connectivity index (χ2v) is 5.65. The van der Waals surface area contributed by atoms with Gasteiger partial charge in [0.1, 0.15) is 0 Å². The van der Waals surface area contributed by atoms with Gasteiger partial charge in [0, 0.05) is 12.6 Å². The fourth-order valence-corrected chi connectivity index (χ4v) is 2.91. The minimum Gasteiger partial charge on any atom is -0.391 e. The second-order valence-electron chi connectivity index (χ2n) is 5.65. The molecule has 112 valence electrons. The van der Waals surface area contributed by atoms with Crippen molar-refractivity contribution in [1.29, 1.82) is 0 Å². The molecule has 2 aromatic rings. The molecular weight excluding hydrogens is 270 g/mol. The molecule has 1 aromatic heterocycles. The van der Waals surface area contributed by atoms with Crippen molar-refractivity contribution in [2.75, 3.05) is 0 Å². The van der Waals surface area contributed by atoms with Gasteiger partial charge in [-0.25, -0.2) is 4.79 Å². The van der Waals surface area contributed by atoms with Gasteiger partial charge in [0.25, 0.3) is 5.91 Å². The van der Waals surface area contributed by atoms with E-state index in [1.807, 2.05) is 0 Å². The largest absolute Gasteiger partial charge is 0.391 e. The van der Waals surface area contributed by atoms with Gasteiger partial charge in [0.15, 0.2) is 0 Å². The lowest BCUT2D eigenvalue weighted by Crippen LogP contribution is -2.45. The highest BCUT2D eigenvalue weighted by Gasteiger charge is 2.24. The van der Waals surface area contributed by atoms with Crippen LogP contribution in [-0.2, 0) is 7.05 Å². The van der Waals surface area contributed by atoms with Crippen LogP contribution in [0.2, 0.25) is 0 Å². The average molecular weight is 289 g/mol. The molecule has 1 aliphatic rings. The summed E-state index contributed by atoms with van der Waals surface area (Å²) in [5.41, 5.74) is 1.68. The van der Waals surface area contributed by atoms with Crippen LogP contribution in [0.3, 0.4) is 0 Å². The Balaban J connectivity index is 1.82. The van der Waals surface area contributed by atoms with E-state index in [2.05, 4.69) is 10.3 Å². The Labute approximate surface area is 121 Å². The monoisotopic (exact) mass is 289 g/mol. The van der Waals surface area contributed by atoms with E-state index in [1.54, 1.807) is 25.2 Å². The van der Waals surface area contributed by atoms with Gasteiger partial charge in [-0.15, -0.1) is 0 Å². The fraction of sp³-hybridized carbons (Fsp3) is 0.467. The number of aromatic nitrogens is 2. The summed E-state index contributed by atoms with van der Waals surface area (Å²) in [4.78, 5) is 26.5. The molecule has 1 heterocycles. The number of hydrogen-bond donors (Lipinski definition) is 3. The summed E-state index contributed by atoms with van der Waals surface area (Å²) in [6.45, 7) is 0. The minimum atomic E-state index is -0.469. The zero-order chi connectivity index (χ0) is 15.0. The number of rotatable bonds is 2. The number of aliphatic hydroxyl groups excluding tert-OH is 1. The third-order valence-corrected chi connectivity index (χ3v) is 4.21. The van der Waals surface area contributed by atoms with Crippen molar-refractivity contribution in [3.8, 4) is 0 Å². The molecule has 0 aliphatic heterocycles. The van der Waals surface area contributed by atoms with Gasteiger partial charge < -0.3 is 15.4 Å². The summed E-state index contributed by atoms with van der Waals surface area (Å²) in [5, 5.41) is 12.8. The van der Waals surface area contributed by atoms with E-state index in [9.17, 15) is 14.7 Å². The normalized spacial score (nSPS) is 22.4. The van der Waals surface area contributed by atoms with Gasteiger partial charge in [-0.1, -0.05) is 12.8 Å². The summed E-state index contributed by atoms with van der Waals surface area (Å²) < 4.78 is 1.50. The molecule has 1 amide bonds. The van der Waals surface area contributed by atoms with Gasteiger partial charge in [-0.05, 0) is 31.0 Å². The van der Waals surface area contributed by atoms with Crippen molar-refractivity contribution in [1.82, 2.24) is 14.9 Å². The highest BCUT2D eigenvalue weighted by Crippen LogP contribution is 2.19. The first-order valence-corrected chi connectivity index (χ1v) is 7.24. The molecule has 21 heavy (non-hydrogen) atoms. The minimum absolute atomic E-state index is 0.184. The number of nitrogens with zero attached hydrogens (tertiary/aromatic N) is 1. The topological polar surface area (TPSA) is 87.1 Å². The molecular formula is C15H19N3O3. The predicted octanol–water partition coefficient (Wildman–Crippen LogP) is 0.900. The molecule has 1 fully saturated rings. The Bertz CT molecular complexity index is 731. The summed E-state index contributed by atoms with van der Waals surface area (Å²) >= 11 is 0. The summed E-state index contributed by atoms with van der Waals surface area (Å²) in [7, 11) is 1.68. The van der Waals surface area contributed by atoms with Crippen LogP contribution in [0.25, 0.3) is 11.0 Å². The predicted molar refractivity (Wildman–Crippen MR) is 79.3 cm³/mol. The summed E-state index contributed by atoms with van der Waals surface area (Å²) in [5.74, 6) is -0.215. The van der Waals surface area contributed by atoms with E-state index >= 15 is 0 Å². The van der Waals surface area contributed by atoms with Crippen molar-refractivity contribution in [3.05, 3.63) is 34.2 Å². The van der Waals surface area contributed by atoms with Gasteiger partial charge in [0.2, 0.25) is 0 Å². The van der Waals surface area contributed by atoms with Crippen LogP contribution < -0.4 is 11.0 Å². The number of nitrogens with one attached hydrogen (secondary N) is 2. The fourth-order valence-electron chi connectivity index (χ4n) is 2.91. The van der Waals surface area contributed by atoms with Crippen LogP contribution in [0.1, 0.15) is 36.0 Å². The lowest BCUT2D eigenvalue weighted by molar-refractivity contribution is 0.0717. The molecule has 0 radical (unpaired) electrons. The molecule has 3 rings (SSSR count). The first kappa shape index (κ1) is 13.9. The van der Waals surface area contributed by atoms with Crippen molar-refractivity contribution in [2.45, 2.75) is 37.8 Å². The molecule has 2 atom stereocenters. The number of benzene rings is 1. The molecule has 6 nitrogen and oxygen atoms in total. The number of aryl methyl sites for hydroxylation is 1. The van der Waals surface area contributed by atoms with Gasteiger partial charge in [0.05, 0.1) is 23.2 Å². The number of amides is 1. The molecule has 3 N–H and O–H groups in total. The zero-order valence-electron chi connectivity index (χ0n) is 11.9. The molecule has 2 unspecified atom stereocenters. The highest BCUT2D eigenvalue weighted by atomic mass is 16.3. The maximum Gasteiger partial charge on any atom is 0.326 e. The van der Waals surface area contributed by atoms with Crippen molar-refractivity contribution in [3.63, 3.8) is 0 Å².